The third-order valence-corrected chi connectivity index (χ3v) is 6.87. The van der Waals surface area contributed by atoms with Crippen molar-refractivity contribution in [2.75, 3.05) is 32.5 Å². The van der Waals surface area contributed by atoms with Crippen molar-refractivity contribution in [3.05, 3.63) is 0 Å². The number of rotatable bonds is 5. The molecule has 0 aromatic heterocycles. The summed E-state index contributed by atoms with van der Waals surface area (Å²) in [5.41, 5.74) is 6.24. The van der Waals surface area contributed by atoms with Crippen LogP contribution < -0.4 is 5.73 Å². The molecular weight excluding hydrogens is 288 g/mol. The number of ether oxygens (including phenoxy) is 1. The fourth-order valence-corrected chi connectivity index (χ4v) is 5.27. The fraction of sp³-hybridized carbons (Fsp3) is 1.00. The summed E-state index contributed by atoms with van der Waals surface area (Å²) in [5.74, 6) is 1.13. The number of piperidine rings is 1. The van der Waals surface area contributed by atoms with E-state index < -0.39 is 10.0 Å². The summed E-state index contributed by atoms with van der Waals surface area (Å²) < 4.78 is 31.2. The number of hydrogen-bond donors (Lipinski definition) is 1. The Morgan fingerprint density at radius 1 is 1.33 bits per heavy atom. The lowest BCUT2D eigenvalue weighted by atomic mass is 9.71. The summed E-state index contributed by atoms with van der Waals surface area (Å²) in [6.45, 7) is 2.83. The highest BCUT2D eigenvalue weighted by molar-refractivity contribution is 7.88. The number of nitrogens with zero attached hydrogens (tertiary/aromatic N) is 1. The van der Waals surface area contributed by atoms with Crippen LogP contribution in [0, 0.1) is 17.3 Å². The van der Waals surface area contributed by atoms with Crippen molar-refractivity contribution in [1.29, 1.82) is 0 Å². The van der Waals surface area contributed by atoms with E-state index in [-0.39, 0.29) is 5.41 Å². The summed E-state index contributed by atoms with van der Waals surface area (Å²) in [6, 6.07) is 0. The average molecular weight is 316 g/mol. The van der Waals surface area contributed by atoms with E-state index in [1.54, 1.807) is 4.31 Å². The molecule has 0 spiro atoms. The van der Waals surface area contributed by atoms with Gasteiger partial charge in [-0.15, -0.1) is 0 Å². The highest BCUT2D eigenvalue weighted by Gasteiger charge is 2.51. The Morgan fingerprint density at radius 2 is 2.10 bits per heavy atom. The van der Waals surface area contributed by atoms with Gasteiger partial charge in [-0.2, -0.15) is 0 Å². The van der Waals surface area contributed by atoms with E-state index in [0.29, 0.717) is 37.6 Å². The molecule has 2 N–H and O–H groups in total. The Balaban J connectivity index is 1.69. The first kappa shape index (κ1) is 15.7. The lowest BCUT2D eigenvalue weighted by molar-refractivity contribution is 0.0184. The smallest absolute Gasteiger partial charge is 0.211 e. The van der Waals surface area contributed by atoms with Gasteiger partial charge < -0.3 is 10.5 Å². The number of nitrogens with two attached hydrogens (primary N) is 1. The minimum absolute atomic E-state index is 0.0896. The molecule has 21 heavy (non-hydrogen) atoms. The van der Waals surface area contributed by atoms with Crippen LogP contribution in [-0.2, 0) is 14.8 Å². The summed E-state index contributed by atoms with van der Waals surface area (Å²) in [6.07, 6.45) is 8.32. The van der Waals surface area contributed by atoms with Gasteiger partial charge in [-0.1, -0.05) is 0 Å². The van der Waals surface area contributed by atoms with Gasteiger partial charge in [0.1, 0.15) is 0 Å². The molecule has 3 atom stereocenters. The van der Waals surface area contributed by atoms with E-state index in [2.05, 4.69) is 0 Å². The lowest BCUT2D eigenvalue weighted by Gasteiger charge is -2.39. The van der Waals surface area contributed by atoms with Crippen LogP contribution in [0.15, 0.2) is 0 Å². The molecule has 2 saturated heterocycles. The van der Waals surface area contributed by atoms with E-state index in [1.807, 2.05) is 0 Å². The molecule has 2 aliphatic heterocycles. The lowest BCUT2D eigenvalue weighted by Crippen LogP contribution is -2.45. The van der Waals surface area contributed by atoms with Gasteiger partial charge in [0, 0.05) is 31.7 Å². The molecule has 3 rings (SSSR count). The molecule has 0 bridgehead atoms. The van der Waals surface area contributed by atoms with Crippen LogP contribution in [-0.4, -0.2) is 51.3 Å². The molecule has 0 radical (unpaired) electrons. The van der Waals surface area contributed by atoms with Gasteiger partial charge in [0.05, 0.1) is 12.4 Å². The first-order valence-electron chi connectivity index (χ1n) is 8.21. The van der Waals surface area contributed by atoms with Gasteiger partial charge in [-0.25, -0.2) is 12.7 Å². The molecule has 3 fully saturated rings. The molecule has 1 saturated carbocycles. The maximum absolute atomic E-state index is 11.8. The maximum Gasteiger partial charge on any atom is 0.211 e. The minimum atomic E-state index is -3.07. The van der Waals surface area contributed by atoms with E-state index in [0.717, 1.165) is 32.3 Å². The van der Waals surface area contributed by atoms with Gasteiger partial charge in [0.25, 0.3) is 0 Å². The predicted molar refractivity (Wildman–Crippen MR) is 82.3 cm³/mol. The summed E-state index contributed by atoms with van der Waals surface area (Å²) >= 11 is 0. The van der Waals surface area contributed by atoms with Crippen LogP contribution in [0.3, 0.4) is 0 Å². The molecular formula is C15H28N2O3S. The zero-order valence-electron chi connectivity index (χ0n) is 13.0. The average Bonchev–Trinajstić information content (AvgIpc) is 3.20. The third-order valence-electron chi connectivity index (χ3n) is 5.60. The second-order valence-corrected chi connectivity index (χ2v) is 9.26. The highest BCUT2D eigenvalue weighted by Crippen LogP contribution is 2.50. The molecule has 1 aliphatic carbocycles. The molecule has 3 aliphatic rings. The number of hydrogen-bond acceptors (Lipinski definition) is 4. The normalized spacial score (nSPS) is 38.8. The SMILES string of the molecule is CS(=O)(=O)N1CCCC(CC2(CN)CCOC2C2CC2)C1. The Morgan fingerprint density at radius 3 is 2.71 bits per heavy atom. The molecule has 2 heterocycles. The van der Waals surface area contributed by atoms with Crippen LogP contribution in [0.1, 0.15) is 38.5 Å². The fourth-order valence-electron chi connectivity index (χ4n) is 4.33. The Kier molecular flexibility index (Phi) is 4.34. The third kappa shape index (κ3) is 3.28. The van der Waals surface area contributed by atoms with Crippen LogP contribution >= 0.6 is 0 Å². The molecule has 5 nitrogen and oxygen atoms in total. The topological polar surface area (TPSA) is 72.6 Å². The zero-order chi connectivity index (χ0) is 15.1. The molecule has 0 aromatic carbocycles. The molecule has 0 amide bonds. The van der Waals surface area contributed by atoms with Crippen LogP contribution in [0.5, 0.6) is 0 Å². The summed E-state index contributed by atoms with van der Waals surface area (Å²) in [4.78, 5) is 0. The van der Waals surface area contributed by atoms with Crippen molar-refractivity contribution in [3.8, 4) is 0 Å². The molecule has 0 aromatic rings. The largest absolute Gasteiger partial charge is 0.377 e. The van der Waals surface area contributed by atoms with Gasteiger partial charge in [-0.3, -0.25) is 0 Å². The zero-order valence-corrected chi connectivity index (χ0v) is 13.8. The Bertz CT molecular complexity index is 477. The molecule has 6 heteroatoms. The second-order valence-electron chi connectivity index (χ2n) is 7.28. The highest BCUT2D eigenvalue weighted by atomic mass is 32.2. The monoisotopic (exact) mass is 316 g/mol. The van der Waals surface area contributed by atoms with Crippen molar-refractivity contribution in [2.45, 2.75) is 44.6 Å². The molecule has 122 valence electrons. The van der Waals surface area contributed by atoms with Crippen molar-refractivity contribution in [2.24, 2.45) is 23.0 Å². The van der Waals surface area contributed by atoms with E-state index in [1.165, 1.54) is 19.1 Å². The van der Waals surface area contributed by atoms with Crippen LogP contribution in [0.4, 0.5) is 0 Å². The Hall–Kier alpha value is -0.170. The number of sulfonamides is 1. The van der Waals surface area contributed by atoms with Crippen molar-refractivity contribution in [1.82, 2.24) is 4.31 Å². The summed E-state index contributed by atoms with van der Waals surface area (Å²) in [7, 11) is -3.07. The Labute approximate surface area is 128 Å². The van der Waals surface area contributed by atoms with E-state index in [9.17, 15) is 8.42 Å². The van der Waals surface area contributed by atoms with Gasteiger partial charge in [-0.05, 0) is 50.4 Å². The minimum Gasteiger partial charge on any atom is -0.377 e. The predicted octanol–water partition coefficient (Wildman–Crippen LogP) is 1.19. The second kappa shape index (κ2) is 5.80. The van der Waals surface area contributed by atoms with E-state index >= 15 is 0 Å². The summed E-state index contributed by atoms with van der Waals surface area (Å²) in [5, 5.41) is 0. The van der Waals surface area contributed by atoms with Gasteiger partial charge in [0.2, 0.25) is 10.0 Å². The first-order chi connectivity index (χ1) is 9.94. The van der Waals surface area contributed by atoms with Crippen LogP contribution in [0.2, 0.25) is 0 Å². The maximum atomic E-state index is 11.8. The molecule has 3 unspecified atom stereocenters. The van der Waals surface area contributed by atoms with E-state index in [4.69, 9.17) is 10.5 Å². The van der Waals surface area contributed by atoms with Crippen molar-refractivity contribution in [3.63, 3.8) is 0 Å². The van der Waals surface area contributed by atoms with Crippen LogP contribution in [0.25, 0.3) is 0 Å². The first-order valence-corrected chi connectivity index (χ1v) is 10.1. The van der Waals surface area contributed by atoms with Gasteiger partial charge in [0.15, 0.2) is 0 Å². The van der Waals surface area contributed by atoms with Gasteiger partial charge >= 0.3 is 0 Å². The van der Waals surface area contributed by atoms with Crippen molar-refractivity contribution >= 4 is 10.0 Å². The van der Waals surface area contributed by atoms with Crippen molar-refractivity contribution < 1.29 is 13.2 Å². The standard InChI is InChI=1S/C15H28N2O3S/c1-21(18,19)17-7-2-3-12(10-17)9-15(11-16)6-8-20-14(15)13-4-5-13/h12-14H,2-11,16H2,1H3. The quantitative estimate of drug-likeness (QED) is 0.827.